The van der Waals surface area contributed by atoms with Crippen molar-refractivity contribution < 1.29 is 9.66 Å². The minimum Gasteiger partial charge on any atom is -0.476 e. The molecule has 116 valence electrons. The Morgan fingerprint density at radius 3 is 2.90 bits per heavy atom. The van der Waals surface area contributed by atoms with Gasteiger partial charge in [0.2, 0.25) is 5.82 Å². The molecule has 0 unspecified atom stereocenters. The molecule has 1 fully saturated rings. The second-order valence-corrected chi connectivity index (χ2v) is 4.71. The van der Waals surface area contributed by atoms with Crippen LogP contribution in [0.1, 0.15) is 6.42 Å². The lowest BCUT2D eigenvalue weighted by Crippen LogP contribution is -2.44. The normalized spacial score (nSPS) is 15.7. The Morgan fingerprint density at radius 2 is 2.24 bits per heavy atom. The number of nitrogens with zero attached hydrogens (tertiary/aromatic N) is 4. The highest BCUT2D eigenvalue weighted by atomic mass is 16.6. The highest BCUT2D eigenvalue weighted by Crippen LogP contribution is 2.30. The fraction of sp³-hybridized carbons (Fsp3) is 0.667. The lowest BCUT2D eigenvalue weighted by Gasteiger charge is -2.27. The van der Waals surface area contributed by atoms with Crippen LogP contribution in [0.3, 0.4) is 0 Å². The predicted molar refractivity (Wildman–Crippen MR) is 77.7 cm³/mol. The fourth-order valence-electron chi connectivity index (χ4n) is 2.25. The SMILES string of the molecule is COc1ncnc(NCCCN2CCNCC2)c1[N+](=O)[O-]. The van der Waals surface area contributed by atoms with Crippen LogP contribution in [0.15, 0.2) is 6.33 Å². The van der Waals surface area contributed by atoms with E-state index in [4.69, 9.17) is 4.74 Å². The van der Waals surface area contributed by atoms with Gasteiger partial charge in [-0.15, -0.1) is 0 Å². The molecule has 9 heteroatoms. The third-order valence-corrected chi connectivity index (χ3v) is 3.32. The monoisotopic (exact) mass is 296 g/mol. The van der Waals surface area contributed by atoms with Crippen LogP contribution in [-0.2, 0) is 0 Å². The third kappa shape index (κ3) is 4.23. The van der Waals surface area contributed by atoms with Crippen molar-refractivity contribution in [3.05, 3.63) is 16.4 Å². The van der Waals surface area contributed by atoms with Crippen molar-refractivity contribution in [1.29, 1.82) is 0 Å². The van der Waals surface area contributed by atoms with Crippen molar-refractivity contribution in [2.45, 2.75) is 6.42 Å². The molecule has 1 aromatic rings. The maximum atomic E-state index is 11.1. The quantitative estimate of drug-likeness (QED) is 0.414. The van der Waals surface area contributed by atoms with Crippen LogP contribution in [0.4, 0.5) is 11.5 Å². The highest BCUT2D eigenvalue weighted by molar-refractivity contribution is 5.60. The van der Waals surface area contributed by atoms with Gasteiger partial charge in [-0.2, -0.15) is 4.98 Å². The summed E-state index contributed by atoms with van der Waals surface area (Å²) in [6, 6.07) is 0. The molecule has 0 aromatic carbocycles. The average Bonchev–Trinajstić information content (AvgIpc) is 2.52. The van der Waals surface area contributed by atoms with E-state index in [2.05, 4.69) is 25.5 Å². The Morgan fingerprint density at radius 1 is 1.48 bits per heavy atom. The van der Waals surface area contributed by atoms with Crippen molar-refractivity contribution in [3.63, 3.8) is 0 Å². The molecule has 1 aliphatic heterocycles. The molecule has 0 atom stereocenters. The summed E-state index contributed by atoms with van der Waals surface area (Å²) in [4.78, 5) is 20.6. The first kappa shape index (κ1) is 15.4. The Bertz CT molecular complexity index is 478. The number of hydrogen-bond donors (Lipinski definition) is 2. The second-order valence-electron chi connectivity index (χ2n) is 4.71. The van der Waals surface area contributed by atoms with Crippen molar-refractivity contribution in [2.75, 3.05) is 51.7 Å². The summed E-state index contributed by atoms with van der Waals surface area (Å²) in [7, 11) is 1.35. The molecule has 1 aliphatic rings. The van der Waals surface area contributed by atoms with Gasteiger partial charge in [-0.3, -0.25) is 10.1 Å². The van der Waals surface area contributed by atoms with E-state index in [1.807, 2.05) is 0 Å². The summed E-state index contributed by atoms with van der Waals surface area (Å²) in [5, 5.41) is 17.4. The molecule has 9 nitrogen and oxygen atoms in total. The van der Waals surface area contributed by atoms with E-state index in [1.165, 1.54) is 13.4 Å². The topological polar surface area (TPSA) is 105 Å². The maximum absolute atomic E-state index is 11.1. The second kappa shape index (κ2) is 7.70. The van der Waals surface area contributed by atoms with E-state index in [0.29, 0.717) is 6.54 Å². The number of methoxy groups -OCH3 is 1. The Kier molecular flexibility index (Phi) is 5.64. The van der Waals surface area contributed by atoms with E-state index < -0.39 is 4.92 Å². The van der Waals surface area contributed by atoms with Gasteiger partial charge in [-0.05, 0) is 13.0 Å². The van der Waals surface area contributed by atoms with E-state index in [0.717, 1.165) is 39.1 Å². The summed E-state index contributed by atoms with van der Waals surface area (Å²) in [6.07, 6.45) is 2.15. The Labute approximate surface area is 122 Å². The molecule has 2 N–H and O–H groups in total. The van der Waals surface area contributed by atoms with Crippen LogP contribution in [0, 0.1) is 10.1 Å². The largest absolute Gasteiger partial charge is 0.476 e. The third-order valence-electron chi connectivity index (χ3n) is 3.32. The molecule has 0 bridgehead atoms. The van der Waals surface area contributed by atoms with Crippen molar-refractivity contribution in [1.82, 2.24) is 20.2 Å². The van der Waals surface area contributed by atoms with E-state index in [1.54, 1.807) is 0 Å². The zero-order valence-corrected chi connectivity index (χ0v) is 12.0. The van der Waals surface area contributed by atoms with Crippen LogP contribution in [0.25, 0.3) is 0 Å². The van der Waals surface area contributed by atoms with Gasteiger partial charge in [0, 0.05) is 32.7 Å². The van der Waals surface area contributed by atoms with Gasteiger partial charge < -0.3 is 20.3 Å². The number of hydrogen-bond acceptors (Lipinski definition) is 8. The van der Waals surface area contributed by atoms with Gasteiger partial charge in [0.15, 0.2) is 0 Å². The zero-order valence-electron chi connectivity index (χ0n) is 12.0. The number of rotatable bonds is 7. The maximum Gasteiger partial charge on any atom is 0.372 e. The molecule has 0 saturated carbocycles. The number of anilines is 1. The Hall–Kier alpha value is -2.00. The van der Waals surface area contributed by atoms with Gasteiger partial charge >= 0.3 is 5.69 Å². The molecule has 2 heterocycles. The lowest BCUT2D eigenvalue weighted by molar-refractivity contribution is -0.385. The van der Waals surface area contributed by atoms with Crippen molar-refractivity contribution >= 4 is 11.5 Å². The van der Waals surface area contributed by atoms with Crippen LogP contribution in [0.5, 0.6) is 5.88 Å². The molecular formula is C12H20N6O3. The molecule has 0 amide bonds. The number of nitro groups is 1. The van der Waals surface area contributed by atoms with E-state index in [-0.39, 0.29) is 17.4 Å². The summed E-state index contributed by atoms with van der Waals surface area (Å²) in [6.45, 7) is 5.70. The van der Waals surface area contributed by atoms with E-state index in [9.17, 15) is 10.1 Å². The van der Waals surface area contributed by atoms with E-state index >= 15 is 0 Å². The number of piperazine rings is 1. The molecule has 2 rings (SSSR count). The smallest absolute Gasteiger partial charge is 0.372 e. The highest BCUT2D eigenvalue weighted by Gasteiger charge is 2.23. The predicted octanol–water partition coefficient (Wildman–Crippen LogP) is 0.101. The fourth-order valence-corrected chi connectivity index (χ4v) is 2.25. The van der Waals surface area contributed by atoms with Crippen LogP contribution in [0.2, 0.25) is 0 Å². The molecular weight excluding hydrogens is 276 g/mol. The molecule has 0 spiro atoms. The first-order valence-corrected chi connectivity index (χ1v) is 6.92. The standard InChI is InChI=1S/C12H20N6O3/c1-21-12-10(18(19)20)11(15-9-16-12)14-3-2-6-17-7-4-13-5-8-17/h9,13H,2-8H2,1H3,(H,14,15,16). The summed E-state index contributed by atoms with van der Waals surface area (Å²) < 4.78 is 4.90. The van der Waals surface area contributed by atoms with Gasteiger partial charge in [-0.1, -0.05) is 0 Å². The number of nitrogens with one attached hydrogen (secondary N) is 2. The number of ether oxygens (including phenoxy) is 1. The molecule has 0 aliphatic carbocycles. The van der Waals surface area contributed by atoms with Gasteiger partial charge in [-0.25, -0.2) is 4.98 Å². The summed E-state index contributed by atoms with van der Waals surface area (Å²) in [5.41, 5.74) is -0.220. The van der Waals surface area contributed by atoms with Gasteiger partial charge in [0.25, 0.3) is 5.88 Å². The molecule has 21 heavy (non-hydrogen) atoms. The van der Waals surface area contributed by atoms with Gasteiger partial charge in [0.05, 0.1) is 12.0 Å². The average molecular weight is 296 g/mol. The van der Waals surface area contributed by atoms with Crippen molar-refractivity contribution in [3.8, 4) is 5.88 Å². The number of aromatic nitrogens is 2. The van der Waals surface area contributed by atoms with Crippen LogP contribution < -0.4 is 15.4 Å². The first-order chi connectivity index (χ1) is 10.2. The van der Waals surface area contributed by atoms with Gasteiger partial charge in [0.1, 0.15) is 6.33 Å². The first-order valence-electron chi connectivity index (χ1n) is 6.92. The minimum atomic E-state index is -0.530. The molecule has 0 radical (unpaired) electrons. The molecule has 1 aromatic heterocycles. The molecule has 1 saturated heterocycles. The summed E-state index contributed by atoms with van der Waals surface area (Å²) in [5.74, 6) is 0.173. The summed E-state index contributed by atoms with van der Waals surface area (Å²) >= 11 is 0. The zero-order chi connectivity index (χ0) is 15.1. The lowest BCUT2D eigenvalue weighted by atomic mass is 10.3. The minimum absolute atomic E-state index is 0.0281. The van der Waals surface area contributed by atoms with Crippen LogP contribution >= 0.6 is 0 Å². The van der Waals surface area contributed by atoms with Crippen LogP contribution in [-0.4, -0.2) is 66.2 Å². The Balaban J connectivity index is 1.86. The van der Waals surface area contributed by atoms with Crippen molar-refractivity contribution in [2.24, 2.45) is 0 Å².